The number of aromatic nitrogens is 1. The lowest BCUT2D eigenvalue weighted by Gasteiger charge is -2.28. The number of methoxy groups -OCH3 is 3. The molecule has 3 aliphatic carbocycles. The summed E-state index contributed by atoms with van der Waals surface area (Å²) in [5.74, 6) is 1.41. The minimum Gasteiger partial charge on any atom is -0.488 e. The molecule has 0 radical (unpaired) electrons. The summed E-state index contributed by atoms with van der Waals surface area (Å²) >= 11 is 6.87. The summed E-state index contributed by atoms with van der Waals surface area (Å²) < 4.78 is 33.6. The number of primary amides is 1. The lowest BCUT2D eigenvalue weighted by molar-refractivity contribution is -0.142. The Hall–Kier alpha value is -4.14. The van der Waals surface area contributed by atoms with Gasteiger partial charge >= 0.3 is 12.1 Å². The molecule has 0 bridgehead atoms. The van der Waals surface area contributed by atoms with Crippen molar-refractivity contribution in [2.24, 2.45) is 29.4 Å². The maximum absolute atomic E-state index is 14.4. The number of hydrogen-bond acceptors (Lipinski definition) is 11. The zero-order valence-corrected chi connectivity index (χ0v) is 35.1. The first kappa shape index (κ1) is 43.4. The van der Waals surface area contributed by atoms with Crippen LogP contribution in [0, 0.1) is 23.7 Å². The summed E-state index contributed by atoms with van der Waals surface area (Å²) in [5.41, 5.74) is 7.98. The number of rotatable bonds is 21. The van der Waals surface area contributed by atoms with Crippen molar-refractivity contribution in [1.29, 1.82) is 0 Å². The molecule has 1 saturated heterocycles. The number of amides is 3. The Kier molecular flexibility index (Phi) is 14.8. The van der Waals surface area contributed by atoms with Crippen LogP contribution in [0.3, 0.4) is 0 Å². The first-order chi connectivity index (χ1) is 27.9. The summed E-state index contributed by atoms with van der Waals surface area (Å²) in [6.07, 6.45) is 9.83. The molecule has 15 heteroatoms. The topological polar surface area (TPSA) is 178 Å². The summed E-state index contributed by atoms with van der Waals surface area (Å²) in [4.78, 5) is 58.4. The molecule has 3 N–H and O–H groups in total. The van der Waals surface area contributed by atoms with Crippen molar-refractivity contribution in [1.82, 2.24) is 15.2 Å². The molecule has 1 aromatic heterocycles. The lowest BCUT2D eigenvalue weighted by Crippen LogP contribution is -2.53. The van der Waals surface area contributed by atoms with E-state index in [-0.39, 0.29) is 42.6 Å². The third kappa shape index (κ3) is 11.1. The van der Waals surface area contributed by atoms with Gasteiger partial charge in [-0.15, -0.1) is 0 Å². The molecule has 1 aromatic carbocycles. The fourth-order valence-corrected chi connectivity index (χ4v) is 8.87. The number of allylic oxidation sites excluding steroid dienone is 1. The minimum atomic E-state index is -0.945. The van der Waals surface area contributed by atoms with E-state index in [0.717, 1.165) is 56.9 Å². The van der Waals surface area contributed by atoms with Crippen LogP contribution in [0.2, 0.25) is 5.02 Å². The summed E-state index contributed by atoms with van der Waals surface area (Å²) in [5, 5.41) is 3.76. The zero-order chi connectivity index (χ0) is 41.5. The van der Waals surface area contributed by atoms with Gasteiger partial charge in [-0.05, 0) is 88.3 Å². The van der Waals surface area contributed by atoms with Crippen LogP contribution < -0.4 is 20.5 Å². The third-order valence-corrected chi connectivity index (χ3v) is 12.3. The highest BCUT2D eigenvalue weighted by molar-refractivity contribution is 6.36. The van der Waals surface area contributed by atoms with Crippen LogP contribution in [0.1, 0.15) is 96.6 Å². The standard InChI is InChI=1S/C43H59ClN4O10/c1-24(2)15-28-20-36(31-13-14-35(38(44)39(31)46-28)56-23-37(53-3)54-4)57-30-21-34(40(45)49)48(22-30)41(50)33(47-43(52)58-29-17-26-16-27(26)18-29)12-10-8-6-7-9-11-25-19-32(25)42(51)55-5/h13-15,20,25-27,29-30,32-34,37H,6-12,16-19,21-23H2,1-5H3,(H2,45,49)(H,47,52)/t25-,26-,27+,29+,30-,32+,33+,34+/m1/s1. The van der Waals surface area contributed by atoms with Gasteiger partial charge in [0, 0.05) is 32.1 Å². The van der Waals surface area contributed by atoms with Crippen LogP contribution in [-0.2, 0) is 33.3 Å². The van der Waals surface area contributed by atoms with E-state index in [1.807, 2.05) is 19.9 Å². The Labute approximate surface area is 345 Å². The molecular formula is C43H59ClN4O10. The van der Waals surface area contributed by atoms with Crippen molar-refractivity contribution < 1.29 is 47.6 Å². The van der Waals surface area contributed by atoms with Gasteiger partial charge in [-0.25, -0.2) is 9.78 Å². The second-order valence-electron chi connectivity index (χ2n) is 16.6. The largest absolute Gasteiger partial charge is 0.488 e. The van der Waals surface area contributed by atoms with Gasteiger partial charge in [0.15, 0.2) is 6.29 Å². The van der Waals surface area contributed by atoms with Crippen molar-refractivity contribution >= 4 is 52.5 Å². The zero-order valence-electron chi connectivity index (χ0n) is 34.3. The van der Waals surface area contributed by atoms with Crippen LogP contribution >= 0.6 is 11.6 Å². The van der Waals surface area contributed by atoms with E-state index in [0.29, 0.717) is 58.7 Å². The number of ether oxygens (including phenoxy) is 6. The van der Waals surface area contributed by atoms with Crippen LogP contribution in [0.4, 0.5) is 4.79 Å². The Morgan fingerprint density at radius 1 is 0.948 bits per heavy atom. The number of hydrogen-bond donors (Lipinski definition) is 2. The van der Waals surface area contributed by atoms with E-state index >= 15 is 0 Å². The molecule has 8 atom stereocenters. The minimum absolute atomic E-state index is 0.0460. The average molecular weight is 827 g/mol. The molecule has 3 saturated carbocycles. The highest BCUT2D eigenvalue weighted by atomic mass is 35.5. The molecule has 0 unspecified atom stereocenters. The fraction of sp³-hybridized carbons (Fsp3) is 0.651. The number of likely N-dealkylation sites (tertiary alicyclic amines) is 1. The Bertz CT molecular complexity index is 1820. The van der Waals surface area contributed by atoms with Crippen LogP contribution in [0.25, 0.3) is 17.0 Å². The molecule has 2 heterocycles. The number of carbonyl (C=O) groups is 4. The number of benzene rings is 1. The average Bonchev–Trinajstić information content (AvgIpc) is 4.05. The normalized spacial score (nSPS) is 24.9. The lowest BCUT2D eigenvalue weighted by atomic mass is 10.0. The predicted molar refractivity (Wildman–Crippen MR) is 217 cm³/mol. The fourth-order valence-electron chi connectivity index (χ4n) is 8.60. The third-order valence-electron chi connectivity index (χ3n) is 11.9. The Morgan fingerprint density at radius 3 is 2.36 bits per heavy atom. The number of halogens is 1. The van der Waals surface area contributed by atoms with E-state index in [4.69, 9.17) is 50.7 Å². The molecule has 318 valence electrons. The number of fused-ring (bicyclic) bond motifs is 2. The first-order valence-electron chi connectivity index (χ1n) is 20.7. The van der Waals surface area contributed by atoms with Crippen LogP contribution in [-0.4, -0.2) is 98.8 Å². The van der Waals surface area contributed by atoms with Crippen LogP contribution in [0.5, 0.6) is 11.5 Å². The predicted octanol–water partition coefficient (Wildman–Crippen LogP) is 6.58. The number of nitrogens with zero attached hydrogens (tertiary/aromatic N) is 2. The number of unbranched alkanes of at least 4 members (excludes halogenated alkanes) is 4. The molecule has 58 heavy (non-hydrogen) atoms. The van der Waals surface area contributed by atoms with Gasteiger partial charge in [0.1, 0.15) is 47.4 Å². The second-order valence-corrected chi connectivity index (χ2v) is 16.9. The van der Waals surface area contributed by atoms with Crippen molar-refractivity contribution in [3.8, 4) is 11.5 Å². The van der Waals surface area contributed by atoms with E-state index in [9.17, 15) is 19.2 Å². The van der Waals surface area contributed by atoms with E-state index in [1.165, 1.54) is 32.7 Å². The van der Waals surface area contributed by atoms with Crippen molar-refractivity contribution in [3.05, 3.63) is 34.5 Å². The smallest absolute Gasteiger partial charge is 0.408 e. The monoisotopic (exact) mass is 826 g/mol. The first-order valence-corrected chi connectivity index (χ1v) is 21.0. The van der Waals surface area contributed by atoms with Gasteiger partial charge in [-0.3, -0.25) is 14.4 Å². The summed E-state index contributed by atoms with van der Waals surface area (Å²) in [7, 11) is 4.47. The second kappa shape index (κ2) is 19.7. The van der Waals surface area contributed by atoms with Gasteiger partial charge in [0.05, 0.1) is 30.8 Å². The summed E-state index contributed by atoms with van der Waals surface area (Å²) in [6.45, 7) is 4.08. The highest BCUT2D eigenvalue weighted by Crippen LogP contribution is 2.52. The number of carbonyl (C=O) groups excluding carboxylic acids is 4. The molecule has 6 rings (SSSR count). The Balaban J connectivity index is 1.13. The molecule has 3 amide bonds. The van der Waals surface area contributed by atoms with E-state index in [2.05, 4.69) is 5.32 Å². The number of alkyl carbamates (subject to hydrolysis) is 1. The summed E-state index contributed by atoms with van der Waals surface area (Å²) in [6, 6.07) is 3.47. The highest BCUT2D eigenvalue weighted by Gasteiger charge is 2.48. The van der Waals surface area contributed by atoms with Crippen molar-refractivity contribution in [2.45, 2.75) is 121 Å². The van der Waals surface area contributed by atoms with Crippen molar-refractivity contribution in [3.63, 3.8) is 0 Å². The Morgan fingerprint density at radius 2 is 1.67 bits per heavy atom. The maximum atomic E-state index is 14.4. The number of esters is 1. The molecular weight excluding hydrogens is 768 g/mol. The van der Waals surface area contributed by atoms with Crippen molar-refractivity contribution in [2.75, 3.05) is 34.5 Å². The quantitative estimate of drug-likeness (QED) is 0.0790. The van der Waals surface area contributed by atoms with Gasteiger partial charge in [-0.1, -0.05) is 49.3 Å². The van der Waals surface area contributed by atoms with Gasteiger partial charge < -0.3 is 44.4 Å². The molecule has 1 aliphatic heterocycles. The van der Waals surface area contributed by atoms with Gasteiger partial charge in [0.2, 0.25) is 11.8 Å². The SMILES string of the molecule is COC(=O)[C@H]1C[C@H]1CCCCCCC[C@H](NC(=O)O[C@@H]1C[C@@H]2C[C@@H]2C1)C(=O)N1C[C@H](Oc2cc(C=C(C)C)nc3c(Cl)c(OCC(OC)OC)ccc23)C[C@H]1C(N)=O. The molecule has 4 aliphatic rings. The maximum Gasteiger partial charge on any atom is 0.408 e. The number of pyridine rings is 1. The van der Waals surface area contributed by atoms with E-state index < -0.39 is 42.4 Å². The molecule has 2 aromatic rings. The van der Waals surface area contributed by atoms with Crippen LogP contribution in [0.15, 0.2) is 23.8 Å². The van der Waals surface area contributed by atoms with E-state index in [1.54, 1.807) is 18.2 Å². The molecule has 14 nitrogen and oxygen atoms in total. The van der Waals surface area contributed by atoms with Gasteiger partial charge in [0.25, 0.3) is 0 Å². The molecule has 0 spiro atoms. The molecule has 4 fully saturated rings. The number of nitrogens with one attached hydrogen (secondary N) is 1. The number of nitrogens with two attached hydrogens (primary N) is 1. The van der Waals surface area contributed by atoms with Gasteiger partial charge in [-0.2, -0.15) is 0 Å².